The van der Waals surface area contributed by atoms with E-state index in [1.165, 1.54) is 0 Å². The van der Waals surface area contributed by atoms with Gasteiger partial charge >= 0.3 is 0 Å². The molecule has 0 bridgehead atoms. The van der Waals surface area contributed by atoms with E-state index in [4.69, 9.17) is 0 Å². The van der Waals surface area contributed by atoms with Crippen molar-refractivity contribution in [2.24, 2.45) is 0 Å². The van der Waals surface area contributed by atoms with Gasteiger partial charge in [0.15, 0.2) is 0 Å². The van der Waals surface area contributed by atoms with E-state index in [0.717, 1.165) is 42.3 Å². The molecular weight excluding hydrogens is 308 g/mol. The summed E-state index contributed by atoms with van der Waals surface area (Å²) in [5.74, 6) is 0.877. The van der Waals surface area contributed by atoms with Gasteiger partial charge < -0.3 is 9.80 Å². The van der Waals surface area contributed by atoms with Gasteiger partial charge in [-0.15, -0.1) is 11.3 Å². The number of nitrogens with zero attached hydrogens (tertiary/aromatic N) is 4. The van der Waals surface area contributed by atoms with Crippen molar-refractivity contribution in [1.82, 2.24) is 14.9 Å². The van der Waals surface area contributed by atoms with E-state index in [1.54, 1.807) is 23.6 Å². The number of piperidine rings is 1. The Balaban J connectivity index is 1.88. The molecule has 3 heterocycles. The van der Waals surface area contributed by atoms with Gasteiger partial charge in [-0.25, -0.2) is 9.97 Å². The Bertz CT molecular complexity index is 697. The fourth-order valence-electron chi connectivity index (χ4n) is 2.92. The predicted molar refractivity (Wildman–Crippen MR) is 93.0 cm³/mol. The lowest BCUT2D eigenvalue weighted by Crippen LogP contribution is -2.38. The molecule has 1 aliphatic heterocycles. The molecule has 0 N–H and O–H groups in total. The van der Waals surface area contributed by atoms with E-state index in [0.29, 0.717) is 5.56 Å². The molecule has 0 aliphatic carbocycles. The summed E-state index contributed by atoms with van der Waals surface area (Å²) in [5.41, 5.74) is 1.73. The van der Waals surface area contributed by atoms with E-state index < -0.39 is 0 Å². The van der Waals surface area contributed by atoms with Gasteiger partial charge in [0.2, 0.25) is 0 Å². The smallest absolute Gasteiger partial charge is 0.254 e. The molecule has 1 atom stereocenters. The van der Waals surface area contributed by atoms with Crippen LogP contribution < -0.4 is 4.90 Å². The number of thiazole rings is 1. The second-order valence-electron chi connectivity index (χ2n) is 6.13. The lowest BCUT2D eigenvalue weighted by molar-refractivity contribution is 0.0611. The van der Waals surface area contributed by atoms with Crippen molar-refractivity contribution in [2.45, 2.75) is 32.2 Å². The van der Waals surface area contributed by atoms with Gasteiger partial charge in [-0.05, 0) is 38.3 Å². The highest BCUT2D eigenvalue weighted by atomic mass is 32.1. The molecule has 0 aromatic carbocycles. The summed E-state index contributed by atoms with van der Waals surface area (Å²) in [6.45, 7) is 2.79. The maximum Gasteiger partial charge on any atom is 0.254 e. The number of hydrogen-bond donors (Lipinski definition) is 0. The number of likely N-dealkylation sites (tertiary alicyclic amines) is 1. The third-order valence-corrected chi connectivity index (χ3v) is 5.20. The number of aryl methyl sites for hydroxylation is 1. The van der Waals surface area contributed by atoms with Gasteiger partial charge in [-0.3, -0.25) is 4.79 Å². The van der Waals surface area contributed by atoms with Crippen LogP contribution in [-0.2, 0) is 0 Å². The third kappa shape index (κ3) is 3.37. The number of aromatic nitrogens is 2. The standard InChI is InChI=1S/C17H22N4OS/c1-12-11-23-16(19-12)14-6-4-5-9-21(14)17(22)13-7-8-18-15(10-13)20(2)3/h7-8,10-11,14H,4-6,9H2,1-3H3. The van der Waals surface area contributed by atoms with Gasteiger partial charge in [0.05, 0.1) is 6.04 Å². The zero-order valence-corrected chi connectivity index (χ0v) is 14.6. The molecule has 2 aromatic rings. The fraction of sp³-hybridized carbons (Fsp3) is 0.471. The minimum absolute atomic E-state index is 0.0769. The molecule has 3 rings (SSSR count). The van der Waals surface area contributed by atoms with Crippen LogP contribution in [0.5, 0.6) is 0 Å². The summed E-state index contributed by atoms with van der Waals surface area (Å²) in [6, 6.07) is 3.76. The summed E-state index contributed by atoms with van der Waals surface area (Å²) in [5, 5.41) is 3.11. The molecule has 1 unspecified atom stereocenters. The molecule has 1 amide bonds. The monoisotopic (exact) mass is 330 g/mol. The molecular formula is C17H22N4OS. The third-order valence-electron chi connectivity index (χ3n) is 4.14. The van der Waals surface area contributed by atoms with Crippen LogP contribution in [0.25, 0.3) is 0 Å². The number of hydrogen-bond acceptors (Lipinski definition) is 5. The number of amides is 1. The Hall–Kier alpha value is -1.95. The fourth-order valence-corrected chi connectivity index (χ4v) is 3.86. The number of anilines is 1. The van der Waals surface area contributed by atoms with E-state index >= 15 is 0 Å². The van der Waals surface area contributed by atoms with Crippen LogP contribution in [0.3, 0.4) is 0 Å². The van der Waals surface area contributed by atoms with Crippen molar-refractivity contribution in [1.29, 1.82) is 0 Å². The number of carbonyl (C=O) groups excluding carboxylic acids is 1. The molecule has 0 saturated carbocycles. The van der Waals surface area contributed by atoms with Crippen LogP contribution in [0, 0.1) is 6.92 Å². The van der Waals surface area contributed by atoms with Crippen LogP contribution >= 0.6 is 11.3 Å². The number of carbonyl (C=O) groups is 1. The molecule has 0 radical (unpaired) electrons. The summed E-state index contributed by atoms with van der Waals surface area (Å²) < 4.78 is 0. The summed E-state index contributed by atoms with van der Waals surface area (Å²) in [6.07, 6.45) is 4.89. The Kier molecular flexibility index (Phi) is 4.61. The quantitative estimate of drug-likeness (QED) is 0.866. The predicted octanol–water partition coefficient (Wildman–Crippen LogP) is 3.28. The highest BCUT2D eigenvalue weighted by Crippen LogP contribution is 2.33. The van der Waals surface area contributed by atoms with E-state index in [9.17, 15) is 4.79 Å². The average Bonchev–Trinajstić information content (AvgIpc) is 3.00. The SMILES string of the molecule is Cc1csc(C2CCCCN2C(=O)c2ccnc(N(C)C)c2)n1. The highest BCUT2D eigenvalue weighted by Gasteiger charge is 2.30. The first-order chi connectivity index (χ1) is 11.1. The topological polar surface area (TPSA) is 49.3 Å². The summed E-state index contributed by atoms with van der Waals surface area (Å²) >= 11 is 1.65. The molecule has 1 fully saturated rings. The summed E-state index contributed by atoms with van der Waals surface area (Å²) in [7, 11) is 3.86. The van der Waals surface area contributed by atoms with Crippen molar-refractivity contribution in [3.8, 4) is 0 Å². The average molecular weight is 330 g/mol. The number of pyridine rings is 1. The maximum atomic E-state index is 13.0. The molecule has 122 valence electrons. The van der Waals surface area contributed by atoms with E-state index in [1.807, 2.05) is 36.9 Å². The lowest BCUT2D eigenvalue weighted by atomic mass is 10.0. The van der Waals surface area contributed by atoms with Crippen LogP contribution in [-0.4, -0.2) is 41.4 Å². The normalized spacial score (nSPS) is 18.0. The van der Waals surface area contributed by atoms with E-state index in [-0.39, 0.29) is 11.9 Å². The van der Waals surface area contributed by atoms with Crippen LogP contribution in [0.15, 0.2) is 23.7 Å². The van der Waals surface area contributed by atoms with Gasteiger partial charge in [0.1, 0.15) is 10.8 Å². The largest absolute Gasteiger partial charge is 0.363 e. The molecule has 1 aliphatic rings. The highest BCUT2D eigenvalue weighted by molar-refractivity contribution is 7.09. The lowest BCUT2D eigenvalue weighted by Gasteiger charge is -2.34. The van der Waals surface area contributed by atoms with Crippen LogP contribution in [0.2, 0.25) is 0 Å². The molecule has 23 heavy (non-hydrogen) atoms. The molecule has 0 spiro atoms. The first-order valence-corrected chi connectivity index (χ1v) is 8.80. The van der Waals surface area contributed by atoms with Crippen molar-refractivity contribution in [3.63, 3.8) is 0 Å². The van der Waals surface area contributed by atoms with Crippen molar-refractivity contribution < 1.29 is 4.79 Å². The van der Waals surface area contributed by atoms with Gasteiger partial charge in [0, 0.05) is 43.5 Å². The van der Waals surface area contributed by atoms with Crippen LogP contribution in [0.1, 0.15) is 46.4 Å². The van der Waals surface area contributed by atoms with Crippen molar-refractivity contribution in [3.05, 3.63) is 40.0 Å². The van der Waals surface area contributed by atoms with E-state index in [2.05, 4.69) is 15.3 Å². The Morgan fingerprint density at radius 2 is 2.22 bits per heavy atom. The molecule has 2 aromatic heterocycles. The van der Waals surface area contributed by atoms with Gasteiger partial charge in [-0.1, -0.05) is 0 Å². The van der Waals surface area contributed by atoms with Crippen LogP contribution in [0.4, 0.5) is 5.82 Å². The Morgan fingerprint density at radius 1 is 1.39 bits per heavy atom. The van der Waals surface area contributed by atoms with Gasteiger partial charge in [-0.2, -0.15) is 0 Å². The Labute approximate surface area is 141 Å². The zero-order valence-electron chi connectivity index (χ0n) is 13.8. The number of rotatable bonds is 3. The first-order valence-electron chi connectivity index (χ1n) is 7.92. The Morgan fingerprint density at radius 3 is 2.91 bits per heavy atom. The molecule has 5 nitrogen and oxygen atoms in total. The minimum Gasteiger partial charge on any atom is -0.363 e. The second-order valence-corrected chi connectivity index (χ2v) is 7.02. The molecule has 6 heteroatoms. The maximum absolute atomic E-state index is 13.0. The first kappa shape index (κ1) is 15.9. The van der Waals surface area contributed by atoms with Crippen molar-refractivity contribution >= 4 is 23.1 Å². The van der Waals surface area contributed by atoms with Crippen molar-refractivity contribution in [2.75, 3.05) is 25.5 Å². The van der Waals surface area contributed by atoms with Gasteiger partial charge in [0.25, 0.3) is 5.91 Å². The summed E-state index contributed by atoms with van der Waals surface area (Å²) in [4.78, 5) is 25.8. The zero-order chi connectivity index (χ0) is 16.4. The molecule has 1 saturated heterocycles. The second kappa shape index (κ2) is 6.66. The minimum atomic E-state index is 0.0769.